The summed E-state index contributed by atoms with van der Waals surface area (Å²) in [5.74, 6) is 0.712. The van der Waals surface area contributed by atoms with Gasteiger partial charge >= 0.3 is 6.18 Å². The van der Waals surface area contributed by atoms with Gasteiger partial charge in [-0.1, -0.05) is 19.9 Å². The van der Waals surface area contributed by atoms with E-state index in [0.717, 1.165) is 17.7 Å². The minimum atomic E-state index is -4.29. The zero-order valence-electron chi connectivity index (χ0n) is 10.7. The number of halogens is 3. The number of alkyl halides is 3. The van der Waals surface area contributed by atoms with Gasteiger partial charge in [0.1, 0.15) is 0 Å². The fourth-order valence-electron chi connectivity index (χ4n) is 1.65. The zero-order valence-corrected chi connectivity index (χ0v) is 11.5. The molecule has 0 aromatic heterocycles. The van der Waals surface area contributed by atoms with Crippen LogP contribution in [0.1, 0.15) is 36.6 Å². The summed E-state index contributed by atoms with van der Waals surface area (Å²) in [6.07, 6.45) is -4.29. The van der Waals surface area contributed by atoms with Crippen molar-refractivity contribution in [2.45, 2.75) is 38.2 Å². The lowest BCUT2D eigenvalue weighted by Gasteiger charge is -2.17. The highest BCUT2D eigenvalue weighted by Gasteiger charge is 2.30. The van der Waals surface area contributed by atoms with Gasteiger partial charge in [0, 0.05) is 11.8 Å². The van der Waals surface area contributed by atoms with E-state index in [-0.39, 0.29) is 6.04 Å². The van der Waals surface area contributed by atoms with Gasteiger partial charge in [-0.3, -0.25) is 0 Å². The van der Waals surface area contributed by atoms with Crippen LogP contribution in [-0.4, -0.2) is 11.0 Å². The molecule has 0 aliphatic rings. The Morgan fingerprint density at radius 2 is 1.89 bits per heavy atom. The lowest BCUT2D eigenvalue weighted by molar-refractivity contribution is -0.137. The summed E-state index contributed by atoms with van der Waals surface area (Å²) in [6.45, 7) is 5.80. The lowest BCUT2D eigenvalue weighted by Crippen LogP contribution is -2.16. The van der Waals surface area contributed by atoms with Crippen LogP contribution in [0.25, 0.3) is 0 Å². The highest BCUT2D eigenvalue weighted by atomic mass is 32.2. The van der Waals surface area contributed by atoms with Crippen LogP contribution in [0.4, 0.5) is 13.2 Å². The van der Waals surface area contributed by atoms with Gasteiger partial charge < -0.3 is 5.73 Å². The Hall–Kier alpha value is -0.680. The summed E-state index contributed by atoms with van der Waals surface area (Å²) in [6, 6.07) is 3.53. The van der Waals surface area contributed by atoms with Crippen LogP contribution in [0.3, 0.4) is 0 Å². The van der Waals surface area contributed by atoms with E-state index in [1.54, 1.807) is 18.7 Å². The molecule has 0 bridgehead atoms. The van der Waals surface area contributed by atoms with Gasteiger partial charge in [-0.05, 0) is 35.4 Å². The predicted molar refractivity (Wildman–Crippen MR) is 70.7 cm³/mol. The van der Waals surface area contributed by atoms with E-state index in [4.69, 9.17) is 5.73 Å². The Bertz CT molecular complexity index is 402. The molecule has 0 spiro atoms. The summed E-state index contributed by atoms with van der Waals surface area (Å²) in [7, 11) is 0. The number of hydrogen-bond donors (Lipinski definition) is 1. The van der Waals surface area contributed by atoms with Gasteiger partial charge in [0.05, 0.1) is 5.56 Å². The summed E-state index contributed by atoms with van der Waals surface area (Å²) in [4.78, 5) is 0. The van der Waals surface area contributed by atoms with E-state index < -0.39 is 11.7 Å². The van der Waals surface area contributed by atoms with Crippen molar-refractivity contribution in [2.24, 2.45) is 5.73 Å². The molecule has 0 amide bonds. The molecule has 0 aliphatic carbocycles. The molecule has 0 saturated carbocycles. The fraction of sp³-hybridized carbons (Fsp3) is 0.538. The van der Waals surface area contributed by atoms with Gasteiger partial charge in [-0.2, -0.15) is 24.9 Å². The van der Waals surface area contributed by atoms with Crippen LogP contribution in [0.15, 0.2) is 18.2 Å². The second-order valence-electron chi connectivity index (χ2n) is 4.56. The number of hydrogen-bond acceptors (Lipinski definition) is 2. The highest BCUT2D eigenvalue weighted by Crippen LogP contribution is 2.32. The van der Waals surface area contributed by atoms with Crippen molar-refractivity contribution in [3.05, 3.63) is 34.9 Å². The smallest absolute Gasteiger partial charge is 0.323 e. The molecule has 0 saturated heterocycles. The first-order valence-electron chi connectivity index (χ1n) is 5.76. The first kappa shape index (κ1) is 15.4. The topological polar surface area (TPSA) is 26.0 Å². The number of aryl methyl sites for hydroxylation is 1. The summed E-state index contributed by atoms with van der Waals surface area (Å²) < 4.78 is 37.6. The number of rotatable bonds is 4. The molecule has 1 aromatic carbocycles. The normalized spacial score (nSPS) is 14.0. The van der Waals surface area contributed by atoms with E-state index in [0.29, 0.717) is 16.6 Å². The summed E-state index contributed by atoms with van der Waals surface area (Å²) in [5, 5.41) is 0.464. The molecular weight excluding hydrogens is 259 g/mol. The number of nitrogens with two attached hydrogens (primary N) is 1. The molecule has 1 aromatic rings. The van der Waals surface area contributed by atoms with Crippen molar-refractivity contribution in [2.75, 3.05) is 5.75 Å². The van der Waals surface area contributed by atoms with Crippen LogP contribution in [-0.2, 0) is 6.18 Å². The maximum absolute atomic E-state index is 12.5. The van der Waals surface area contributed by atoms with E-state index in [1.807, 2.05) is 0 Å². The van der Waals surface area contributed by atoms with E-state index in [1.165, 1.54) is 6.07 Å². The lowest BCUT2D eigenvalue weighted by atomic mass is 10.0. The standard InChI is InChI=1S/C13H18F3NS/c1-8(2)18-7-12(17)11-5-4-10(6-9(11)3)13(14,15)16/h4-6,8,12H,7,17H2,1-3H3. The monoisotopic (exact) mass is 277 g/mol. The van der Waals surface area contributed by atoms with Gasteiger partial charge in [0.15, 0.2) is 0 Å². The van der Waals surface area contributed by atoms with Crippen molar-refractivity contribution in [3.63, 3.8) is 0 Å². The van der Waals surface area contributed by atoms with E-state index >= 15 is 0 Å². The second kappa shape index (κ2) is 5.97. The van der Waals surface area contributed by atoms with Crippen molar-refractivity contribution >= 4 is 11.8 Å². The van der Waals surface area contributed by atoms with Gasteiger partial charge in [0.2, 0.25) is 0 Å². The van der Waals surface area contributed by atoms with Crippen molar-refractivity contribution in [3.8, 4) is 0 Å². The molecule has 102 valence electrons. The van der Waals surface area contributed by atoms with Crippen LogP contribution in [0.2, 0.25) is 0 Å². The molecule has 1 rings (SSSR count). The van der Waals surface area contributed by atoms with Gasteiger partial charge in [0.25, 0.3) is 0 Å². The molecule has 5 heteroatoms. The molecule has 2 N–H and O–H groups in total. The van der Waals surface area contributed by atoms with E-state index in [9.17, 15) is 13.2 Å². The molecule has 18 heavy (non-hydrogen) atoms. The Morgan fingerprint density at radius 3 is 2.33 bits per heavy atom. The zero-order chi connectivity index (χ0) is 13.9. The molecular formula is C13H18F3NS. The van der Waals surface area contributed by atoms with Crippen molar-refractivity contribution in [1.29, 1.82) is 0 Å². The number of benzene rings is 1. The van der Waals surface area contributed by atoms with Crippen molar-refractivity contribution in [1.82, 2.24) is 0 Å². The third-order valence-electron chi connectivity index (χ3n) is 2.61. The maximum Gasteiger partial charge on any atom is 0.416 e. The molecule has 0 aliphatic heterocycles. The van der Waals surface area contributed by atoms with Crippen LogP contribution < -0.4 is 5.73 Å². The predicted octanol–water partition coefficient (Wildman–Crippen LogP) is 4.16. The van der Waals surface area contributed by atoms with Gasteiger partial charge in [-0.25, -0.2) is 0 Å². The third kappa shape index (κ3) is 4.21. The van der Waals surface area contributed by atoms with Crippen LogP contribution >= 0.6 is 11.8 Å². The van der Waals surface area contributed by atoms with Crippen molar-refractivity contribution < 1.29 is 13.2 Å². The average Bonchev–Trinajstić information content (AvgIpc) is 2.24. The highest BCUT2D eigenvalue weighted by molar-refractivity contribution is 7.99. The molecule has 0 heterocycles. The fourth-order valence-corrected chi connectivity index (χ4v) is 2.43. The molecule has 0 fully saturated rings. The molecule has 1 unspecified atom stereocenters. The Balaban J connectivity index is 2.85. The minimum absolute atomic E-state index is 0.223. The SMILES string of the molecule is Cc1cc(C(F)(F)F)ccc1C(N)CSC(C)C. The van der Waals surface area contributed by atoms with E-state index in [2.05, 4.69) is 13.8 Å². The molecule has 1 atom stereocenters. The Labute approximate surface area is 110 Å². The molecule has 0 radical (unpaired) electrons. The summed E-state index contributed by atoms with van der Waals surface area (Å²) in [5.41, 5.74) is 6.77. The number of thioether (sulfide) groups is 1. The Morgan fingerprint density at radius 1 is 1.28 bits per heavy atom. The average molecular weight is 277 g/mol. The van der Waals surface area contributed by atoms with Gasteiger partial charge in [-0.15, -0.1) is 0 Å². The minimum Gasteiger partial charge on any atom is -0.323 e. The maximum atomic E-state index is 12.5. The van der Waals surface area contributed by atoms with Crippen LogP contribution in [0, 0.1) is 6.92 Å². The Kier molecular flexibility index (Phi) is 5.10. The molecule has 1 nitrogen and oxygen atoms in total. The first-order chi connectivity index (χ1) is 8.21. The first-order valence-corrected chi connectivity index (χ1v) is 6.81. The second-order valence-corrected chi connectivity index (χ2v) is 6.17. The quantitative estimate of drug-likeness (QED) is 0.894. The largest absolute Gasteiger partial charge is 0.416 e. The summed E-state index contributed by atoms with van der Waals surface area (Å²) >= 11 is 1.71. The third-order valence-corrected chi connectivity index (χ3v) is 3.82. The van der Waals surface area contributed by atoms with Crippen LogP contribution in [0.5, 0.6) is 0 Å².